The van der Waals surface area contributed by atoms with Crippen LogP contribution in [0.1, 0.15) is 39.6 Å². The van der Waals surface area contributed by atoms with Crippen LogP contribution in [0.4, 0.5) is 4.79 Å². The summed E-state index contributed by atoms with van der Waals surface area (Å²) in [4.78, 5) is 22.4. The Morgan fingerprint density at radius 2 is 1.92 bits per heavy atom. The number of aliphatic hydroxyl groups is 2. The number of carbonyl (C=O) groups is 2. The number of carbonyl (C=O) groups excluding carboxylic acids is 2. The van der Waals surface area contributed by atoms with Gasteiger partial charge in [-0.3, -0.25) is 4.79 Å². The molecule has 6 heteroatoms. The second kappa shape index (κ2) is 9.70. The van der Waals surface area contributed by atoms with Gasteiger partial charge in [-0.2, -0.15) is 0 Å². The number of hydrogen-bond donors (Lipinski definition) is 3. The van der Waals surface area contributed by atoms with Gasteiger partial charge in [-0.15, -0.1) is 0 Å². The first-order chi connectivity index (χ1) is 12.5. The number of nitrogens with one attached hydrogen (secondary N) is 1. The van der Waals surface area contributed by atoms with Gasteiger partial charge in [0, 0.05) is 12.1 Å². The van der Waals surface area contributed by atoms with Gasteiger partial charge in [0.2, 0.25) is 0 Å². The normalized spacial score (nSPS) is 12.9. The van der Waals surface area contributed by atoms with Crippen molar-refractivity contribution in [3.8, 4) is 0 Å². The van der Waals surface area contributed by atoms with Gasteiger partial charge in [0.05, 0.1) is 6.10 Å². The van der Waals surface area contributed by atoms with Crippen LogP contribution >= 0.6 is 0 Å². The maximum atomic E-state index is 11.7. The molecule has 0 saturated heterocycles. The van der Waals surface area contributed by atoms with Gasteiger partial charge in [-0.1, -0.05) is 42.5 Å². The molecular weight excluding hydrogens is 334 g/mol. The van der Waals surface area contributed by atoms with Gasteiger partial charge < -0.3 is 20.3 Å². The Balaban J connectivity index is 1.76. The molecule has 0 bridgehead atoms. The third kappa shape index (κ3) is 5.68. The number of aryl methyl sites for hydroxylation is 1. The fraction of sp³-hybridized carbons (Fsp3) is 0.300. The molecule has 6 nitrogen and oxygen atoms in total. The van der Waals surface area contributed by atoms with Crippen molar-refractivity contribution in [2.45, 2.75) is 32.2 Å². The number of alkyl carbamates (subject to hydrolysis) is 1. The summed E-state index contributed by atoms with van der Waals surface area (Å²) in [6.45, 7) is 2.09. The van der Waals surface area contributed by atoms with Crippen LogP contribution in [-0.2, 0) is 11.3 Å². The van der Waals surface area contributed by atoms with Gasteiger partial charge >= 0.3 is 6.09 Å². The van der Waals surface area contributed by atoms with Gasteiger partial charge in [0.1, 0.15) is 19.0 Å². The molecule has 2 rings (SSSR count). The number of amides is 1. The number of rotatable bonds is 8. The van der Waals surface area contributed by atoms with Gasteiger partial charge in [-0.05, 0) is 36.1 Å². The highest BCUT2D eigenvalue weighted by molar-refractivity contribution is 5.75. The minimum absolute atomic E-state index is 0.163. The first kappa shape index (κ1) is 19.6. The standard InChI is InChI=1S/C20H23NO5/c1-14-11-16(12-22)7-8-17(14)19(24)18(23)9-10-21-20(25)26-13-15-5-3-2-4-6-15/h2-8,11-12,18-19,23-24H,9-10,13H2,1H3,(H,21,25). The fourth-order valence-electron chi connectivity index (χ4n) is 2.57. The Morgan fingerprint density at radius 3 is 2.58 bits per heavy atom. The number of ether oxygens (including phenoxy) is 1. The van der Waals surface area contributed by atoms with E-state index in [9.17, 15) is 19.8 Å². The molecule has 0 spiro atoms. The second-order valence-corrected chi connectivity index (χ2v) is 6.02. The van der Waals surface area contributed by atoms with E-state index in [0.717, 1.165) is 17.4 Å². The van der Waals surface area contributed by atoms with Crippen molar-refractivity contribution in [3.05, 3.63) is 70.8 Å². The van der Waals surface area contributed by atoms with Crippen LogP contribution in [0.25, 0.3) is 0 Å². The molecule has 1 amide bonds. The van der Waals surface area contributed by atoms with E-state index < -0.39 is 18.3 Å². The molecule has 0 aromatic heterocycles. The summed E-state index contributed by atoms with van der Waals surface area (Å²) in [7, 11) is 0. The quantitative estimate of drug-likeness (QED) is 0.631. The molecule has 0 saturated carbocycles. The van der Waals surface area contributed by atoms with Crippen molar-refractivity contribution >= 4 is 12.4 Å². The summed E-state index contributed by atoms with van der Waals surface area (Å²) in [6, 6.07) is 14.2. The number of benzene rings is 2. The SMILES string of the molecule is Cc1cc(C=O)ccc1C(O)C(O)CCNC(=O)OCc1ccccc1. The van der Waals surface area contributed by atoms with Crippen molar-refractivity contribution in [1.82, 2.24) is 5.32 Å². The van der Waals surface area contributed by atoms with E-state index in [2.05, 4.69) is 5.32 Å². The zero-order valence-corrected chi connectivity index (χ0v) is 14.6. The second-order valence-electron chi connectivity index (χ2n) is 6.02. The van der Waals surface area contributed by atoms with E-state index in [4.69, 9.17) is 4.74 Å². The number of hydrogen-bond acceptors (Lipinski definition) is 5. The average Bonchev–Trinajstić information content (AvgIpc) is 2.66. The Bertz CT molecular complexity index is 732. The zero-order chi connectivity index (χ0) is 18.9. The molecule has 0 aliphatic rings. The summed E-state index contributed by atoms with van der Waals surface area (Å²) in [5.74, 6) is 0. The lowest BCUT2D eigenvalue weighted by molar-refractivity contribution is 0.0133. The molecule has 2 aromatic carbocycles. The van der Waals surface area contributed by atoms with Gasteiger partial charge in [0.15, 0.2) is 0 Å². The Hall–Kier alpha value is -2.70. The van der Waals surface area contributed by atoms with Crippen LogP contribution in [0.2, 0.25) is 0 Å². The van der Waals surface area contributed by atoms with E-state index in [-0.39, 0.29) is 19.6 Å². The largest absolute Gasteiger partial charge is 0.445 e. The van der Waals surface area contributed by atoms with Crippen LogP contribution in [0.5, 0.6) is 0 Å². The molecule has 0 heterocycles. The minimum Gasteiger partial charge on any atom is -0.445 e. The smallest absolute Gasteiger partial charge is 0.407 e. The first-order valence-corrected chi connectivity index (χ1v) is 8.37. The lowest BCUT2D eigenvalue weighted by Gasteiger charge is -2.20. The monoisotopic (exact) mass is 357 g/mol. The third-order valence-electron chi connectivity index (χ3n) is 4.04. The highest BCUT2D eigenvalue weighted by atomic mass is 16.5. The predicted octanol–water partition coefficient (Wildman–Crippen LogP) is 2.52. The highest BCUT2D eigenvalue weighted by Crippen LogP contribution is 2.23. The summed E-state index contributed by atoms with van der Waals surface area (Å²) in [6.07, 6.45) is -1.84. The molecule has 0 fully saturated rings. The average molecular weight is 357 g/mol. The maximum Gasteiger partial charge on any atom is 0.407 e. The molecule has 2 atom stereocenters. The summed E-state index contributed by atoms with van der Waals surface area (Å²) >= 11 is 0. The molecule has 2 unspecified atom stereocenters. The Kier molecular flexibility index (Phi) is 7.32. The Morgan fingerprint density at radius 1 is 1.19 bits per heavy atom. The molecule has 0 radical (unpaired) electrons. The molecule has 0 aliphatic heterocycles. The summed E-state index contributed by atoms with van der Waals surface area (Å²) in [5.41, 5.74) is 2.66. The molecule has 26 heavy (non-hydrogen) atoms. The highest BCUT2D eigenvalue weighted by Gasteiger charge is 2.20. The van der Waals surface area contributed by atoms with Crippen LogP contribution in [-0.4, -0.2) is 35.2 Å². The molecule has 3 N–H and O–H groups in total. The van der Waals surface area contributed by atoms with E-state index in [1.807, 2.05) is 30.3 Å². The lowest BCUT2D eigenvalue weighted by Crippen LogP contribution is -2.30. The van der Waals surface area contributed by atoms with Crippen molar-refractivity contribution in [2.75, 3.05) is 6.54 Å². The Labute approximate surface area is 152 Å². The number of aldehydes is 1. The summed E-state index contributed by atoms with van der Waals surface area (Å²) < 4.78 is 5.07. The third-order valence-corrected chi connectivity index (χ3v) is 4.04. The molecular formula is C20H23NO5. The fourth-order valence-corrected chi connectivity index (χ4v) is 2.57. The van der Waals surface area contributed by atoms with Crippen molar-refractivity contribution in [3.63, 3.8) is 0 Å². The molecule has 0 aliphatic carbocycles. The van der Waals surface area contributed by atoms with E-state index in [1.54, 1.807) is 25.1 Å². The van der Waals surface area contributed by atoms with Gasteiger partial charge in [-0.25, -0.2) is 4.79 Å². The van der Waals surface area contributed by atoms with E-state index >= 15 is 0 Å². The summed E-state index contributed by atoms with van der Waals surface area (Å²) in [5, 5.41) is 22.9. The van der Waals surface area contributed by atoms with Crippen LogP contribution in [0.15, 0.2) is 48.5 Å². The minimum atomic E-state index is -1.10. The zero-order valence-electron chi connectivity index (χ0n) is 14.6. The predicted molar refractivity (Wildman–Crippen MR) is 96.8 cm³/mol. The van der Waals surface area contributed by atoms with Crippen molar-refractivity contribution in [1.29, 1.82) is 0 Å². The van der Waals surface area contributed by atoms with Crippen molar-refractivity contribution in [2.24, 2.45) is 0 Å². The van der Waals surface area contributed by atoms with Gasteiger partial charge in [0.25, 0.3) is 0 Å². The topological polar surface area (TPSA) is 95.9 Å². The maximum absolute atomic E-state index is 11.7. The van der Waals surface area contributed by atoms with Crippen molar-refractivity contribution < 1.29 is 24.5 Å². The van der Waals surface area contributed by atoms with Crippen LogP contribution < -0.4 is 5.32 Å². The van der Waals surface area contributed by atoms with E-state index in [0.29, 0.717) is 11.1 Å². The van der Waals surface area contributed by atoms with Crippen LogP contribution in [0.3, 0.4) is 0 Å². The molecule has 2 aromatic rings. The number of aliphatic hydroxyl groups excluding tert-OH is 2. The van der Waals surface area contributed by atoms with E-state index in [1.165, 1.54) is 0 Å². The molecule has 138 valence electrons. The lowest BCUT2D eigenvalue weighted by atomic mass is 9.96. The van der Waals surface area contributed by atoms with Crippen LogP contribution in [0, 0.1) is 6.92 Å². The first-order valence-electron chi connectivity index (χ1n) is 8.37.